The fourth-order valence-corrected chi connectivity index (χ4v) is 4.96. The highest BCUT2D eigenvalue weighted by Gasteiger charge is 2.76. The number of nitrogens with one attached hydrogen (secondary N) is 1. The maximum atomic E-state index is 13.4. The van der Waals surface area contributed by atoms with E-state index in [0.717, 1.165) is 11.1 Å². The summed E-state index contributed by atoms with van der Waals surface area (Å²) in [6.07, 6.45) is 0. The highest BCUT2D eigenvalue weighted by atomic mass is 16.2. The van der Waals surface area contributed by atoms with Gasteiger partial charge in [0.05, 0.1) is 0 Å². The van der Waals surface area contributed by atoms with E-state index >= 15 is 0 Å². The number of carbonyl (C=O) groups excluding carboxylic acids is 2. The molecule has 2 aromatic carbocycles. The van der Waals surface area contributed by atoms with Gasteiger partial charge in [-0.15, -0.1) is 0 Å². The second kappa shape index (κ2) is 5.74. The van der Waals surface area contributed by atoms with Crippen LogP contribution in [0.3, 0.4) is 0 Å². The van der Waals surface area contributed by atoms with Crippen LogP contribution in [0.1, 0.15) is 31.9 Å². The van der Waals surface area contributed by atoms with Gasteiger partial charge in [0.1, 0.15) is 0 Å². The Kier molecular flexibility index (Phi) is 3.76. The summed E-state index contributed by atoms with van der Waals surface area (Å²) in [6.45, 7) is 5.99. The van der Waals surface area contributed by atoms with Crippen molar-refractivity contribution in [3.05, 3.63) is 71.8 Å². The monoisotopic (exact) mass is 378 g/mol. The van der Waals surface area contributed by atoms with Gasteiger partial charge in [-0.25, -0.2) is 9.59 Å². The van der Waals surface area contributed by atoms with Gasteiger partial charge in [0.2, 0.25) is 0 Å². The third-order valence-electron chi connectivity index (χ3n) is 5.92. The number of likely N-dealkylation sites (N-methyl/N-ethyl adjacent to an activating group) is 2. The van der Waals surface area contributed by atoms with E-state index in [4.69, 9.17) is 0 Å². The van der Waals surface area contributed by atoms with Crippen LogP contribution in [0.4, 0.5) is 9.59 Å². The van der Waals surface area contributed by atoms with Crippen LogP contribution in [-0.4, -0.2) is 46.4 Å². The molecule has 2 aromatic rings. The number of benzene rings is 2. The summed E-state index contributed by atoms with van der Waals surface area (Å²) in [5, 5.41) is 3.20. The maximum Gasteiger partial charge on any atom is 0.324 e. The zero-order chi connectivity index (χ0) is 20.3. The summed E-state index contributed by atoms with van der Waals surface area (Å²) in [7, 11) is 3.53. The Labute approximate surface area is 165 Å². The minimum absolute atomic E-state index is 0.151. The number of hydrogen-bond acceptors (Lipinski definition) is 2. The van der Waals surface area contributed by atoms with Crippen LogP contribution in [0.15, 0.2) is 60.7 Å². The molecule has 2 fully saturated rings. The van der Waals surface area contributed by atoms with E-state index in [1.54, 1.807) is 23.9 Å². The second-order valence-electron chi connectivity index (χ2n) is 8.45. The lowest BCUT2D eigenvalue weighted by molar-refractivity contribution is -0.0596. The fourth-order valence-electron chi connectivity index (χ4n) is 4.96. The number of rotatable bonds is 2. The first-order chi connectivity index (χ1) is 13.2. The SMILES string of the molecule is CN1C(=O)N(C)[C@]2(c3ccccc3)NC(=O)N(C(C)(C)C)[C@]12c1ccccc1. The molecule has 2 heterocycles. The van der Waals surface area contributed by atoms with Crippen molar-refractivity contribution >= 4 is 12.1 Å². The van der Waals surface area contributed by atoms with E-state index in [1.807, 2.05) is 86.3 Å². The van der Waals surface area contributed by atoms with Crippen LogP contribution in [0, 0.1) is 0 Å². The van der Waals surface area contributed by atoms with Crippen molar-refractivity contribution in [2.45, 2.75) is 37.6 Å². The molecule has 2 atom stereocenters. The molecule has 2 aliphatic heterocycles. The molecule has 0 aliphatic carbocycles. The minimum atomic E-state index is -1.06. The molecule has 0 saturated carbocycles. The Bertz CT molecular complexity index is 925. The zero-order valence-electron chi connectivity index (χ0n) is 16.9. The van der Waals surface area contributed by atoms with Gasteiger partial charge in [0, 0.05) is 30.8 Å². The van der Waals surface area contributed by atoms with E-state index in [0.29, 0.717) is 0 Å². The van der Waals surface area contributed by atoms with Crippen molar-refractivity contribution in [2.75, 3.05) is 14.1 Å². The quantitative estimate of drug-likeness (QED) is 0.869. The maximum absolute atomic E-state index is 13.4. The Morgan fingerprint density at radius 2 is 1.29 bits per heavy atom. The van der Waals surface area contributed by atoms with Gasteiger partial charge in [-0.1, -0.05) is 60.7 Å². The number of fused-ring (bicyclic) bond motifs is 1. The molecule has 0 bridgehead atoms. The van der Waals surface area contributed by atoms with Crippen LogP contribution in [0.25, 0.3) is 0 Å². The predicted molar refractivity (Wildman–Crippen MR) is 107 cm³/mol. The summed E-state index contributed by atoms with van der Waals surface area (Å²) < 4.78 is 0. The van der Waals surface area contributed by atoms with E-state index < -0.39 is 16.9 Å². The van der Waals surface area contributed by atoms with Crippen molar-refractivity contribution < 1.29 is 9.59 Å². The van der Waals surface area contributed by atoms with E-state index in [9.17, 15) is 9.59 Å². The van der Waals surface area contributed by atoms with Crippen LogP contribution in [0.5, 0.6) is 0 Å². The Morgan fingerprint density at radius 3 is 1.79 bits per heavy atom. The molecule has 2 saturated heterocycles. The molecule has 28 heavy (non-hydrogen) atoms. The van der Waals surface area contributed by atoms with Crippen molar-refractivity contribution in [2.24, 2.45) is 0 Å². The fraction of sp³-hybridized carbons (Fsp3) is 0.364. The Hall–Kier alpha value is -3.02. The Balaban J connectivity index is 2.16. The van der Waals surface area contributed by atoms with Gasteiger partial charge in [-0.3, -0.25) is 14.7 Å². The zero-order valence-corrected chi connectivity index (χ0v) is 16.9. The molecule has 0 aromatic heterocycles. The van der Waals surface area contributed by atoms with Crippen molar-refractivity contribution in [3.63, 3.8) is 0 Å². The van der Waals surface area contributed by atoms with E-state index in [2.05, 4.69) is 5.32 Å². The Morgan fingerprint density at radius 1 is 0.786 bits per heavy atom. The first kappa shape index (κ1) is 18.3. The van der Waals surface area contributed by atoms with Crippen LogP contribution < -0.4 is 5.32 Å². The average Bonchev–Trinajstić information content (AvgIpc) is 3.05. The largest absolute Gasteiger partial charge is 0.324 e. The highest BCUT2D eigenvalue weighted by molar-refractivity contribution is 5.89. The number of nitrogens with zero attached hydrogens (tertiary/aromatic N) is 3. The summed E-state index contributed by atoms with van der Waals surface area (Å²) >= 11 is 0. The van der Waals surface area contributed by atoms with E-state index in [-0.39, 0.29) is 12.1 Å². The van der Waals surface area contributed by atoms with Crippen LogP contribution in [-0.2, 0) is 11.3 Å². The molecule has 0 unspecified atom stereocenters. The molecule has 6 heteroatoms. The molecule has 2 aliphatic rings. The third-order valence-corrected chi connectivity index (χ3v) is 5.92. The molecule has 0 spiro atoms. The lowest BCUT2D eigenvalue weighted by Crippen LogP contribution is -2.65. The average molecular weight is 378 g/mol. The lowest BCUT2D eigenvalue weighted by Gasteiger charge is -2.51. The normalized spacial score (nSPS) is 27.2. The molecule has 4 rings (SSSR count). The van der Waals surface area contributed by atoms with Crippen molar-refractivity contribution in [1.82, 2.24) is 20.0 Å². The van der Waals surface area contributed by atoms with Gasteiger partial charge < -0.3 is 5.32 Å². The summed E-state index contributed by atoms with van der Waals surface area (Å²) in [6, 6.07) is 19.2. The second-order valence-corrected chi connectivity index (χ2v) is 8.45. The van der Waals surface area contributed by atoms with E-state index in [1.165, 1.54) is 0 Å². The van der Waals surface area contributed by atoms with Gasteiger partial charge >= 0.3 is 12.1 Å². The standard InChI is InChI=1S/C22H26N4O2/c1-20(2,3)26-18(27)23-21(16-12-8-6-9-13-16)22(26,17-14-10-7-11-15-17)25(5)19(28)24(21)4/h6-15H,1-5H3,(H,23,27)/t21-,22-/m0/s1. The molecular formula is C22H26N4O2. The number of hydrogen-bond donors (Lipinski definition) is 1. The number of carbonyl (C=O) groups is 2. The molecule has 6 nitrogen and oxygen atoms in total. The smallest absolute Gasteiger partial charge is 0.307 e. The van der Waals surface area contributed by atoms with Crippen LogP contribution in [0.2, 0.25) is 0 Å². The summed E-state index contributed by atoms with van der Waals surface area (Å²) in [5.74, 6) is 0. The topological polar surface area (TPSA) is 55.9 Å². The lowest BCUT2D eigenvalue weighted by atomic mass is 9.79. The summed E-state index contributed by atoms with van der Waals surface area (Å²) in [5.41, 5.74) is -0.898. The predicted octanol–water partition coefficient (Wildman–Crippen LogP) is 3.51. The number of urea groups is 2. The highest BCUT2D eigenvalue weighted by Crippen LogP contribution is 2.58. The van der Waals surface area contributed by atoms with Gasteiger partial charge in [0.15, 0.2) is 11.3 Å². The van der Waals surface area contributed by atoms with Crippen molar-refractivity contribution in [3.8, 4) is 0 Å². The third kappa shape index (κ3) is 1.97. The summed E-state index contributed by atoms with van der Waals surface area (Å²) in [4.78, 5) is 31.9. The first-order valence-corrected chi connectivity index (χ1v) is 9.44. The molecule has 4 amide bonds. The molecule has 0 radical (unpaired) electrons. The molecule has 1 N–H and O–H groups in total. The van der Waals surface area contributed by atoms with Gasteiger partial charge in [0.25, 0.3) is 0 Å². The molecule has 146 valence electrons. The van der Waals surface area contributed by atoms with Gasteiger partial charge in [-0.05, 0) is 20.8 Å². The number of amides is 4. The van der Waals surface area contributed by atoms with Crippen LogP contribution >= 0.6 is 0 Å². The van der Waals surface area contributed by atoms with Gasteiger partial charge in [-0.2, -0.15) is 0 Å². The van der Waals surface area contributed by atoms with Crippen molar-refractivity contribution in [1.29, 1.82) is 0 Å². The molecular weight excluding hydrogens is 352 g/mol. The first-order valence-electron chi connectivity index (χ1n) is 9.44. The minimum Gasteiger partial charge on any atom is -0.307 e.